The fourth-order valence-electron chi connectivity index (χ4n) is 5.17. The van der Waals surface area contributed by atoms with Gasteiger partial charge in [0.05, 0.1) is 0 Å². The van der Waals surface area contributed by atoms with Crippen molar-refractivity contribution < 1.29 is 0 Å². The molecule has 0 N–H and O–H groups in total. The predicted molar refractivity (Wildman–Crippen MR) is 64.2 cm³/mol. The molecule has 6 atom stereocenters. The summed E-state index contributed by atoms with van der Waals surface area (Å²) in [6.45, 7) is 0. The van der Waals surface area contributed by atoms with Crippen LogP contribution in [0.1, 0.15) is 51.4 Å². The van der Waals surface area contributed by atoms with Crippen LogP contribution in [-0.4, -0.2) is 15.4 Å². The minimum absolute atomic E-state index is 0.441. The van der Waals surface area contributed by atoms with E-state index in [0.29, 0.717) is 15.4 Å². The van der Waals surface area contributed by atoms with Crippen molar-refractivity contribution in [1.82, 2.24) is 0 Å². The molecule has 0 aliphatic heterocycles. The molecule has 0 aromatic carbocycles. The maximum absolute atomic E-state index is 1.68. The molecule has 2 radical (unpaired) electrons. The molecule has 6 unspecified atom stereocenters. The fraction of sp³-hybridized carbons (Fsp3) is 1.00. The van der Waals surface area contributed by atoms with Crippen LogP contribution in [0, 0.1) is 23.7 Å². The Kier molecular flexibility index (Phi) is 2.24. The van der Waals surface area contributed by atoms with E-state index in [9.17, 15) is 0 Å². The molecule has 0 nitrogen and oxygen atoms in total. The minimum atomic E-state index is 0.441. The number of hydrogen-bond acceptors (Lipinski definition) is 0. The summed E-state index contributed by atoms with van der Waals surface area (Å²) in [4.78, 5) is 0. The van der Waals surface area contributed by atoms with Gasteiger partial charge in [-0.3, -0.25) is 0 Å². The molecular weight excluding hydrogens is 241 g/mol. The Labute approximate surface area is 100 Å². The van der Waals surface area contributed by atoms with Crippen LogP contribution < -0.4 is 0 Å². The van der Waals surface area contributed by atoms with Crippen LogP contribution >= 0.6 is 0 Å². The summed E-state index contributed by atoms with van der Waals surface area (Å²) in [5.74, 6) is 4.85. The molecule has 1 heteroatoms. The van der Waals surface area contributed by atoms with Crippen molar-refractivity contribution in [2.75, 3.05) is 0 Å². The van der Waals surface area contributed by atoms with Crippen LogP contribution in [0.15, 0.2) is 0 Å². The third-order valence-corrected chi connectivity index (χ3v) is 10.7. The second kappa shape index (κ2) is 3.52. The first-order valence-electron chi connectivity index (χ1n) is 7.14. The summed E-state index contributed by atoms with van der Waals surface area (Å²) in [5, 5.41) is 0. The van der Waals surface area contributed by atoms with E-state index in [1.54, 1.807) is 51.4 Å². The Morgan fingerprint density at radius 1 is 0.600 bits per heavy atom. The van der Waals surface area contributed by atoms with Gasteiger partial charge in [0, 0.05) is 0 Å². The number of fused-ring (bicyclic) bond motifs is 4. The van der Waals surface area contributed by atoms with E-state index in [-0.39, 0.29) is 0 Å². The van der Waals surface area contributed by atoms with Gasteiger partial charge >= 0.3 is 100.0 Å². The predicted octanol–water partition coefficient (Wildman–Crippen LogP) is 3.91. The van der Waals surface area contributed by atoms with E-state index in [2.05, 4.69) is 0 Å². The quantitative estimate of drug-likeness (QED) is 0.662. The molecule has 4 saturated carbocycles. The molecule has 0 aromatic rings. The zero-order chi connectivity index (χ0) is 9.83. The molecule has 4 aliphatic carbocycles. The molecule has 0 aromatic heterocycles. The van der Waals surface area contributed by atoms with Gasteiger partial charge in [0.15, 0.2) is 0 Å². The SMILES string of the molecule is C1CC2CC1C[CH]2[Ge][CH]1CC2CCC1C2. The molecule has 0 heterocycles. The van der Waals surface area contributed by atoms with Gasteiger partial charge < -0.3 is 0 Å². The van der Waals surface area contributed by atoms with Crippen molar-refractivity contribution in [3.63, 3.8) is 0 Å². The molecule has 0 spiro atoms. The van der Waals surface area contributed by atoms with Crippen molar-refractivity contribution in [1.29, 1.82) is 0 Å². The average molecular weight is 263 g/mol. The summed E-state index contributed by atoms with van der Waals surface area (Å²) in [7, 11) is 0. The third kappa shape index (κ3) is 1.54. The van der Waals surface area contributed by atoms with Gasteiger partial charge in [0.1, 0.15) is 0 Å². The standard InChI is InChI=1S/C14H22Ge/c1-3-11-5-9(1)7-13(11)15-14-8-10-2-4-12(14)6-10/h9-14H,1-8H2. The van der Waals surface area contributed by atoms with Crippen LogP contribution in [0.5, 0.6) is 0 Å². The van der Waals surface area contributed by atoms with E-state index in [1.165, 1.54) is 33.2 Å². The van der Waals surface area contributed by atoms with Crippen molar-refractivity contribution in [2.24, 2.45) is 23.7 Å². The Morgan fingerprint density at radius 2 is 1.13 bits per heavy atom. The maximum atomic E-state index is 1.68. The second-order valence-corrected chi connectivity index (χ2v) is 10.5. The van der Waals surface area contributed by atoms with Crippen molar-refractivity contribution >= 4 is 15.4 Å². The first kappa shape index (κ1) is 9.56. The molecule has 4 bridgehead atoms. The zero-order valence-corrected chi connectivity index (χ0v) is 11.7. The topological polar surface area (TPSA) is 0 Å². The fourth-order valence-corrected chi connectivity index (χ4v) is 10.7. The van der Waals surface area contributed by atoms with Crippen LogP contribution in [0.2, 0.25) is 9.50 Å². The Balaban J connectivity index is 1.40. The van der Waals surface area contributed by atoms with Gasteiger partial charge in [0.2, 0.25) is 0 Å². The molecule has 82 valence electrons. The molecule has 4 aliphatic rings. The van der Waals surface area contributed by atoms with Gasteiger partial charge in [-0.2, -0.15) is 0 Å². The van der Waals surface area contributed by atoms with E-state index in [0.717, 1.165) is 0 Å². The van der Waals surface area contributed by atoms with Gasteiger partial charge in [-0.15, -0.1) is 0 Å². The third-order valence-electron chi connectivity index (χ3n) is 5.90. The zero-order valence-electron chi connectivity index (χ0n) is 9.62. The Hall–Kier alpha value is 0.543. The van der Waals surface area contributed by atoms with E-state index in [4.69, 9.17) is 0 Å². The number of hydrogen-bond donors (Lipinski definition) is 0. The van der Waals surface area contributed by atoms with E-state index >= 15 is 0 Å². The van der Waals surface area contributed by atoms with E-state index < -0.39 is 0 Å². The molecular formula is C14H22Ge. The summed E-state index contributed by atoms with van der Waals surface area (Å²) < 4.78 is 2.60. The van der Waals surface area contributed by atoms with Gasteiger partial charge in [0.25, 0.3) is 0 Å². The first-order chi connectivity index (χ1) is 7.38. The van der Waals surface area contributed by atoms with Crippen molar-refractivity contribution in [2.45, 2.75) is 60.9 Å². The van der Waals surface area contributed by atoms with Crippen LogP contribution in [-0.2, 0) is 0 Å². The molecule has 4 rings (SSSR count). The van der Waals surface area contributed by atoms with Gasteiger partial charge in [-0.05, 0) is 0 Å². The Bertz CT molecular complexity index is 236. The summed E-state index contributed by atoms with van der Waals surface area (Å²) in [6.07, 6.45) is 13.1. The molecule has 0 saturated heterocycles. The average Bonchev–Trinajstić information content (AvgIpc) is 2.96. The number of rotatable bonds is 2. The molecule has 15 heavy (non-hydrogen) atoms. The summed E-state index contributed by atoms with van der Waals surface area (Å²) in [5.41, 5.74) is 0. The normalized spacial score (nSPS) is 56.8. The second-order valence-electron chi connectivity index (χ2n) is 6.73. The van der Waals surface area contributed by atoms with Gasteiger partial charge in [-0.25, -0.2) is 0 Å². The van der Waals surface area contributed by atoms with E-state index in [1.807, 2.05) is 0 Å². The van der Waals surface area contributed by atoms with Crippen molar-refractivity contribution in [3.05, 3.63) is 0 Å². The van der Waals surface area contributed by atoms with Crippen molar-refractivity contribution in [3.8, 4) is 0 Å². The Morgan fingerprint density at radius 3 is 1.47 bits per heavy atom. The van der Waals surface area contributed by atoms with Crippen LogP contribution in [0.25, 0.3) is 0 Å². The summed E-state index contributed by atoms with van der Waals surface area (Å²) >= 11 is 0.441. The van der Waals surface area contributed by atoms with Crippen LogP contribution in [0.4, 0.5) is 0 Å². The monoisotopic (exact) mass is 264 g/mol. The molecule has 4 fully saturated rings. The van der Waals surface area contributed by atoms with Gasteiger partial charge in [-0.1, -0.05) is 0 Å². The summed E-state index contributed by atoms with van der Waals surface area (Å²) in [6, 6.07) is 0. The first-order valence-corrected chi connectivity index (χ1v) is 9.57. The van der Waals surface area contributed by atoms with Crippen LogP contribution in [0.3, 0.4) is 0 Å². The molecule has 0 amide bonds.